The SMILES string of the molecule is Cc1cccc(C(=O)N(CCC(C)C)CC(=O)Nc2nccs2)c1. The monoisotopic (exact) mass is 345 g/mol. The van der Waals surface area contributed by atoms with E-state index in [1.54, 1.807) is 22.5 Å². The minimum absolute atomic E-state index is 0.0269. The lowest BCUT2D eigenvalue weighted by molar-refractivity contribution is -0.116. The van der Waals surface area contributed by atoms with Gasteiger partial charge in [0.05, 0.1) is 0 Å². The molecule has 0 atom stereocenters. The molecule has 5 nitrogen and oxygen atoms in total. The Balaban J connectivity index is 2.08. The van der Waals surface area contributed by atoms with Gasteiger partial charge in [0.2, 0.25) is 5.91 Å². The quantitative estimate of drug-likeness (QED) is 0.834. The first-order valence-electron chi connectivity index (χ1n) is 8.01. The van der Waals surface area contributed by atoms with Crippen LogP contribution in [0.25, 0.3) is 0 Å². The minimum atomic E-state index is -0.227. The number of rotatable bonds is 7. The summed E-state index contributed by atoms with van der Waals surface area (Å²) in [5.41, 5.74) is 1.64. The van der Waals surface area contributed by atoms with Crippen LogP contribution in [0.15, 0.2) is 35.8 Å². The fraction of sp³-hybridized carbons (Fsp3) is 0.389. The Morgan fingerprint density at radius 1 is 1.33 bits per heavy atom. The van der Waals surface area contributed by atoms with Crippen molar-refractivity contribution in [3.05, 3.63) is 47.0 Å². The number of amides is 2. The number of hydrogen-bond donors (Lipinski definition) is 1. The third-order valence-electron chi connectivity index (χ3n) is 3.54. The molecule has 0 fully saturated rings. The van der Waals surface area contributed by atoms with Crippen LogP contribution in [0.2, 0.25) is 0 Å². The van der Waals surface area contributed by atoms with Gasteiger partial charge in [0.15, 0.2) is 5.13 Å². The Bertz CT molecular complexity index is 683. The number of aromatic nitrogens is 1. The van der Waals surface area contributed by atoms with Crippen molar-refractivity contribution in [1.29, 1.82) is 0 Å². The van der Waals surface area contributed by atoms with E-state index in [2.05, 4.69) is 24.1 Å². The summed E-state index contributed by atoms with van der Waals surface area (Å²) in [5, 5.41) is 5.08. The maximum Gasteiger partial charge on any atom is 0.254 e. The summed E-state index contributed by atoms with van der Waals surface area (Å²) in [4.78, 5) is 30.7. The normalized spacial score (nSPS) is 10.7. The average molecular weight is 345 g/mol. The number of aryl methyl sites for hydroxylation is 1. The molecule has 0 unspecified atom stereocenters. The molecule has 24 heavy (non-hydrogen) atoms. The number of nitrogens with one attached hydrogen (secondary N) is 1. The molecule has 0 aliphatic carbocycles. The molecule has 0 bridgehead atoms. The van der Waals surface area contributed by atoms with Crippen LogP contribution in [0.1, 0.15) is 36.2 Å². The molecule has 1 N–H and O–H groups in total. The van der Waals surface area contributed by atoms with Gasteiger partial charge in [-0.25, -0.2) is 4.98 Å². The van der Waals surface area contributed by atoms with E-state index in [9.17, 15) is 9.59 Å². The Labute approximate surface area is 146 Å². The molecule has 128 valence electrons. The predicted molar refractivity (Wildman–Crippen MR) is 97.3 cm³/mol. The molecule has 0 saturated heterocycles. The first-order chi connectivity index (χ1) is 11.5. The molecule has 6 heteroatoms. The van der Waals surface area contributed by atoms with Crippen LogP contribution < -0.4 is 5.32 Å². The predicted octanol–water partition coefficient (Wildman–Crippen LogP) is 3.58. The summed E-state index contributed by atoms with van der Waals surface area (Å²) >= 11 is 1.36. The summed E-state index contributed by atoms with van der Waals surface area (Å²) in [6, 6.07) is 7.45. The number of hydrogen-bond acceptors (Lipinski definition) is 4. The molecular formula is C18H23N3O2S. The van der Waals surface area contributed by atoms with Gasteiger partial charge < -0.3 is 10.2 Å². The Morgan fingerprint density at radius 3 is 2.75 bits per heavy atom. The summed E-state index contributed by atoms with van der Waals surface area (Å²) in [6.45, 7) is 6.73. The largest absolute Gasteiger partial charge is 0.329 e. The Kier molecular flexibility index (Phi) is 6.49. The molecule has 2 rings (SSSR count). The van der Waals surface area contributed by atoms with Gasteiger partial charge >= 0.3 is 0 Å². The maximum atomic E-state index is 12.8. The lowest BCUT2D eigenvalue weighted by Crippen LogP contribution is -2.39. The Hall–Kier alpha value is -2.21. The topological polar surface area (TPSA) is 62.3 Å². The molecule has 0 aliphatic heterocycles. The molecule has 2 amide bonds. The van der Waals surface area contributed by atoms with Crippen molar-refractivity contribution in [3.8, 4) is 0 Å². The highest BCUT2D eigenvalue weighted by Gasteiger charge is 2.19. The van der Waals surface area contributed by atoms with Gasteiger partial charge in [0.25, 0.3) is 5.91 Å². The van der Waals surface area contributed by atoms with Gasteiger partial charge in [0, 0.05) is 23.7 Å². The molecule has 0 aliphatic rings. The van der Waals surface area contributed by atoms with Crippen LogP contribution >= 0.6 is 11.3 Å². The van der Waals surface area contributed by atoms with E-state index < -0.39 is 0 Å². The van der Waals surface area contributed by atoms with Crippen molar-refractivity contribution in [2.24, 2.45) is 5.92 Å². The van der Waals surface area contributed by atoms with Gasteiger partial charge in [-0.05, 0) is 31.4 Å². The number of carbonyl (C=O) groups is 2. The zero-order valence-electron chi connectivity index (χ0n) is 14.3. The van der Waals surface area contributed by atoms with E-state index in [0.29, 0.717) is 23.2 Å². The highest BCUT2D eigenvalue weighted by molar-refractivity contribution is 7.13. The van der Waals surface area contributed by atoms with E-state index in [0.717, 1.165) is 12.0 Å². The highest BCUT2D eigenvalue weighted by Crippen LogP contribution is 2.13. The molecule has 0 saturated carbocycles. The smallest absolute Gasteiger partial charge is 0.254 e. The molecule has 0 radical (unpaired) electrons. The highest BCUT2D eigenvalue weighted by atomic mass is 32.1. The van der Waals surface area contributed by atoms with E-state index in [4.69, 9.17) is 0 Å². The third-order valence-corrected chi connectivity index (χ3v) is 4.23. The summed E-state index contributed by atoms with van der Waals surface area (Å²) in [7, 11) is 0. The third kappa shape index (κ3) is 5.45. The second-order valence-electron chi connectivity index (χ2n) is 6.16. The van der Waals surface area contributed by atoms with Crippen LogP contribution in [0.5, 0.6) is 0 Å². The van der Waals surface area contributed by atoms with Gasteiger partial charge in [0.1, 0.15) is 6.54 Å². The zero-order valence-corrected chi connectivity index (χ0v) is 15.1. The number of anilines is 1. The average Bonchev–Trinajstić information content (AvgIpc) is 3.03. The molecule has 1 heterocycles. The van der Waals surface area contributed by atoms with Crippen LogP contribution in [-0.4, -0.2) is 34.8 Å². The second kappa shape index (κ2) is 8.59. The molecule has 1 aromatic carbocycles. The first kappa shape index (κ1) is 18.1. The van der Waals surface area contributed by atoms with Crippen molar-refractivity contribution in [3.63, 3.8) is 0 Å². The number of thiazole rings is 1. The molecule has 2 aromatic rings. The second-order valence-corrected chi connectivity index (χ2v) is 7.06. The van der Waals surface area contributed by atoms with Crippen molar-refractivity contribution < 1.29 is 9.59 Å². The lowest BCUT2D eigenvalue weighted by atomic mass is 10.1. The van der Waals surface area contributed by atoms with Crippen molar-refractivity contribution >= 4 is 28.3 Å². The summed E-state index contributed by atoms with van der Waals surface area (Å²) < 4.78 is 0. The van der Waals surface area contributed by atoms with E-state index in [1.807, 2.05) is 25.1 Å². The van der Waals surface area contributed by atoms with E-state index in [-0.39, 0.29) is 18.4 Å². The van der Waals surface area contributed by atoms with Crippen LogP contribution in [0.3, 0.4) is 0 Å². The zero-order chi connectivity index (χ0) is 17.5. The minimum Gasteiger partial charge on any atom is -0.329 e. The summed E-state index contributed by atoms with van der Waals surface area (Å²) in [5.74, 6) is 0.114. The first-order valence-corrected chi connectivity index (χ1v) is 8.89. The van der Waals surface area contributed by atoms with Gasteiger partial charge in [-0.15, -0.1) is 11.3 Å². The fourth-order valence-corrected chi connectivity index (χ4v) is 2.79. The molecular weight excluding hydrogens is 322 g/mol. The van der Waals surface area contributed by atoms with Crippen molar-refractivity contribution in [1.82, 2.24) is 9.88 Å². The van der Waals surface area contributed by atoms with E-state index >= 15 is 0 Å². The van der Waals surface area contributed by atoms with Crippen LogP contribution in [0, 0.1) is 12.8 Å². The number of carbonyl (C=O) groups excluding carboxylic acids is 2. The lowest BCUT2D eigenvalue weighted by Gasteiger charge is -2.23. The van der Waals surface area contributed by atoms with Crippen molar-refractivity contribution in [2.75, 3.05) is 18.4 Å². The van der Waals surface area contributed by atoms with Gasteiger partial charge in [-0.1, -0.05) is 31.5 Å². The number of nitrogens with zero attached hydrogens (tertiary/aromatic N) is 2. The summed E-state index contributed by atoms with van der Waals surface area (Å²) in [6.07, 6.45) is 2.48. The molecule has 1 aromatic heterocycles. The molecule has 0 spiro atoms. The van der Waals surface area contributed by atoms with E-state index in [1.165, 1.54) is 11.3 Å². The van der Waals surface area contributed by atoms with Crippen LogP contribution in [-0.2, 0) is 4.79 Å². The number of benzene rings is 1. The van der Waals surface area contributed by atoms with Crippen LogP contribution in [0.4, 0.5) is 5.13 Å². The maximum absolute atomic E-state index is 12.8. The van der Waals surface area contributed by atoms with Gasteiger partial charge in [-0.3, -0.25) is 9.59 Å². The standard InChI is InChI=1S/C18H23N3O2S/c1-13(2)7-9-21(12-16(22)20-18-19-8-10-24-18)17(23)15-6-4-5-14(3)11-15/h4-6,8,10-11,13H,7,9,12H2,1-3H3,(H,19,20,22). The Morgan fingerprint density at radius 2 is 2.12 bits per heavy atom. The van der Waals surface area contributed by atoms with Gasteiger partial charge in [-0.2, -0.15) is 0 Å². The van der Waals surface area contributed by atoms with Crippen molar-refractivity contribution in [2.45, 2.75) is 27.2 Å². The fourth-order valence-electron chi connectivity index (χ4n) is 2.24.